The van der Waals surface area contributed by atoms with Gasteiger partial charge in [0.1, 0.15) is 0 Å². The normalized spacial score (nSPS) is 10.7. The minimum atomic E-state index is -0.398. The summed E-state index contributed by atoms with van der Waals surface area (Å²) in [5.74, 6) is 0.0526. The highest BCUT2D eigenvalue weighted by Crippen LogP contribution is 2.05. The van der Waals surface area contributed by atoms with Crippen LogP contribution in [0.1, 0.15) is 37.0 Å². The van der Waals surface area contributed by atoms with Crippen LogP contribution in [0.15, 0.2) is 0 Å². The van der Waals surface area contributed by atoms with Crippen LogP contribution in [0.25, 0.3) is 0 Å². The number of esters is 1. The summed E-state index contributed by atoms with van der Waals surface area (Å²) in [5.41, 5.74) is 0.937. The van der Waals surface area contributed by atoms with Crippen LogP contribution >= 0.6 is 0 Å². The largest absolute Gasteiger partial charge is 0.461 e. The molecule has 1 aromatic heterocycles. The van der Waals surface area contributed by atoms with E-state index in [9.17, 15) is 4.79 Å². The average molecular weight is 211 g/mol. The van der Waals surface area contributed by atoms with Crippen molar-refractivity contribution in [3.8, 4) is 0 Å². The fraction of sp³-hybridized carbons (Fsp3) is 0.700. The SMILES string of the molecule is CCOC(=O)c1nn(CC(C)C)nc1C. The summed E-state index contributed by atoms with van der Waals surface area (Å²) >= 11 is 0. The molecule has 0 spiro atoms. The van der Waals surface area contributed by atoms with Crippen LogP contribution in [0.3, 0.4) is 0 Å². The molecule has 0 aliphatic carbocycles. The van der Waals surface area contributed by atoms with Crippen molar-refractivity contribution < 1.29 is 9.53 Å². The predicted octanol–water partition coefficient (Wildman–Crippen LogP) is 1.42. The van der Waals surface area contributed by atoms with E-state index in [1.165, 1.54) is 0 Å². The van der Waals surface area contributed by atoms with Gasteiger partial charge in [0, 0.05) is 0 Å². The highest BCUT2D eigenvalue weighted by molar-refractivity contribution is 5.88. The molecule has 1 rings (SSSR count). The molecule has 0 amide bonds. The van der Waals surface area contributed by atoms with Crippen LogP contribution in [0.5, 0.6) is 0 Å². The van der Waals surface area contributed by atoms with E-state index in [1.54, 1.807) is 18.6 Å². The molecule has 0 aromatic carbocycles. The molecule has 0 saturated carbocycles. The third-order valence-corrected chi connectivity index (χ3v) is 1.82. The van der Waals surface area contributed by atoms with Crippen LogP contribution in [-0.2, 0) is 11.3 Å². The molecule has 0 aliphatic rings. The Morgan fingerprint density at radius 2 is 2.13 bits per heavy atom. The van der Waals surface area contributed by atoms with Crippen LogP contribution in [0.2, 0.25) is 0 Å². The summed E-state index contributed by atoms with van der Waals surface area (Å²) in [6.07, 6.45) is 0. The summed E-state index contributed by atoms with van der Waals surface area (Å²) in [4.78, 5) is 13.0. The maximum absolute atomic E-state index is 11.4. The molecule has 0 atom stereocenters. The van der Waals surface area contributed by atoms with E-state index in [1.807, 2.05) is 0 Å². The molecule has 1 heterocycles. The highest BCUT2D eigenvalue weighted by Gasteiger charge is 2.16. The first kappa shape index (κ1) is 11.7. The summed E-state index contributed by atoms with van der Waals surface area (Å²) in [5, 5.41) is 8.26. The highest BCUT2D eigenvalue weighted by atomic mass is 16.5. The zero-order valence-corrected chi connectivity index (χ0v) is 9.65. The molecule has 0 fully saturated rings. The molecule has 5 heteroatoms. The Bertz CT molecular complexity index is 344. The monoisotopic (exact) mass is 211 g/mol. The third kappa shape index (κ3) is 3.04. The number of carbonyl (C=O) groups excluding carboxylic acids is 1. The summed E-state index contributed by atoms with van der Waals surface area (Å²) in [6.45, 7) is 8.74. The Morgan fingerprint density at radius 1 is 1.47 bits per heavy atom. The van der Waals surface area contributed by atoms with Crippen molar-refractivity contribution >= 4 is 5.97 Å². The van der Waals surface area contributed by atoms with Gasteiger partial charge in [-0.2, -0.15) is 9.90 Å². The Morgan fingerprint density at radius 3 is 2.67 bits per heavy atom. The van der Waals surface area contributed by atoms with Gasteiger partial charge in [0.05, 0.1) is 18.8 Å². The quantitative estimate of drug-likeness (QED) is 0.707. The Kier molecular flexibility index (Phi) is 3.82. The van der Waals surface area contributed by atoms with Gasteiger partial charge in [0.2, 0.25) is 0 Å². The fourth-order valence-electron chi connectivity index (χ4n) is 1.23. The minimum Gasteiger partial charge on any atom is -0.461 e. The first-order valence-corrected chi connectivity index (χ1v) is 5.13. The predicted molar refractivity (Wildman–Crippen MR) is 55.6 cm³/mol. The molecular weight excluding hydrogens is 194 g/mol. The minimum absolute atomic E-state index is 0.317. The Hall–Kier alpha value is -1.39. The van der Waals surface area contributed by atoms with Crippen molar-refractivity contribution in [2.24, 2.45) is 5.92 Å². The first-order valence-electron chi connectivity index (χ1n) is 5.13. The maximum Gasteiger partial charge on any atom is 0.360 e. The lowest BCUT2D eigenvalue weighted by molar-refractivity contribution is 0.0517. The van der Waals surface area contributed by atoms with Crippen molar-refractivity contribution in [1.82, 2.24) is 15.0 Å². The molecular formula is C10H17N3O2. The van der Waals surface area contributed by atoms with E-state index in [4.69, 9.17) is 4.74 Å². The molecule has 1 aromatic rings. The lowest BCUT2D eigenvalue weighted by atomic mass is 10.2. The van der Waals surface area contributed by atoms with Gasteiger partial charge in [-0.25, -0.2) is 4.79 Å². The number of hydrogen-bond acceptors (Lipinski definition) is 4. The number of hydrogen-bond donors (Lipinski definition) is 0. The number of aromatic nitrogens is 3. The molecule has 0 bridgehead atoms. The molecule has 15 heavy (non-hydrogen) atoms. The number of carbonyl (C=O) groups is 1. The van der Waals surface area contributed by atoms with Gasteiger partial charge in [-0.1, -0.05) is 13.8 Å². The molecule has 0 saturated heterocycles. The average Bonchev–Trinajstić information content (AvgIpc) is 2.46. The number of rotatable bonds is 4. The van der Waals surface area contributed by atoms with Crippen molar-refractivity contribution in [2.45, 2.75) is 34.2 Å². The van der Waals surface area contributed by atoms with Gasteiger partial charge in [-0.3, -0.25) is 0 Å². The second kappa shape index (κ2) is 4.91. The van der Waals surface area contributed by atoms with Crippen molar-refractivity contribution in [3.05, 3.63) is 11.4 Å². The first-order chi connectivity index (χ1) is 7.04. The third-order valence-electron chi connectivity index (χ3n) is 1.82. The van der Waals surface area contributed by atoms with Gasteiger partial charge in [-0.05, 0) is 19.8 Å². The number of nitrogens with zero attached hydrogens (tertiary/aromatic N) is 3. The van der Waals surface area contributed by atoms with E-state index in [0.717, 1.165) is 0 Å². The lowest BCUT2D eigenvalue weighted by Crippen LogP contribution is -2.10. The van der Waals surface area contributed by atoms with Gasteiger partial charge in [0.15, 0.2) is 5.69 Å². The zero-order valence-electron chi connectivity index (χ0n) is 9.65. The fourth-order valence-corrected chi connectivity index (χ4v) is 1.23. The summed E-state index contributed by atoms with van der Waals surface area (Å²) < 4.78 is 4.87. The topological polar surface area (TPSA) is 57.0 Å². The zero-order chi connectivity index (χ0) is 11.4. The molecule has 0 aliphatic heterocycles. The van der Waals surface area contributed by atoms with Crippen molar-refractivity contribution in [3.63, 3.8) is 0 Å². The van der Waals surface area contributed by atoms with E-state index in [0.29, 0.717) is 30.5 Å². The van der Waals surface area contributed by atoms with E-state index in [-0.39, 0.29) is 0 Å². The van der Waals surface area contributed by atoms with E-state index in [2.05, 4.69) is 24.0 Å². The Labute approximate surface area is 89.4 Å². The summed E-state index contributed by atoms with van der Waals surface area (Å²) in [7, 11) is 0. The Balaban J connectivity index is 2.81. The van der Waals surface area contributed by atoms with E-state index < -0.39 is 5.97 Å². The van der Waals surface area contributed by atoms with E-state index >= 15 is 0 Å². The molecule has 0 unspecified atom stereocenters. The molecule has 0 N–H and O–H groups in total. The second-order valence-electron chi connectivity index (χ2n) is 3.80. The second-order valence-corrected chi connectivity index (χ2v) is 3.80. The van der Waals surface area contributed by atoms with Gasteiger partial charge >= 0.3 is 5.97 Å². The standard InChI is InChI=1S/C10H17N3O2/c1-5-15-10(14)9-8(4)11-13(12-9)6-7(2)3/h7H,5-6H2,1-4H3. The van der Waals surface area contributed by atoms with Crippen LogP contribution in [0.4, 0.5) is 0 Å². The maximum atomic E-state index is 11.4. The van der Waals surface area contributed by atoms with Crippen LogP contribution < -0.4 is 0 Å². The van der Waals surface area contributed by atoms with Crippen molar-refractivity contribution in [1.29, 1.82) is 0 Å². The lowest BCUT2D eigenvalue weighted by Gasteiger charge is -2.01. The number of aryl methyl sites for hydroxylation is 1. The summed E-state index contributed by atoms with van der Waals surface area (Å²) in [6, 6.07) is 0. The molecule has 5 nitrogen and oxygen atoms in total. The van der Waals surface area contributed by atoms with Crippen molar-refractivity contribution in [2.75, 3.05) is 6.61 Å². The van der Waals surface area contributed by atoms with Gasteiger partial charge < -0.3 is 4.74 Å². The molecule has 0 radical (unpaired) electrons. The number of ether oxygens (including phenoxy) is 1. The van der Waals surface area contributed by atoms with Crippen LogP contribution in [0, 0.1) is 12.8 Å². The smallest absolute Gasteiger partial charge is 0.360 e. The van der Waals surface area contributed by atoms with Gasteiger partial charge in [-0.15, -0.1) is 5.10 Å². The van der Waals surface area contributed by atoms with Gasteiger partial charge in [0.25, 0.3) is 0 Å². The van der Waals surface area contributed by atoms with Crippen LogP contribution in [-0.4, -0.2) is 27.6 Å². The molecule has 84 valence electrons.